The maximum Gasteiger partial charge on any atom is 0.387 e. The number of carbonyl (C=O) groups excluding carboxylic acids is 1. The van der Waals surface area contributed by atoms with Gasteiger partial charge in [-0.25, -0.2) is 0 Å². The fraction of sp³-hybridized carbons (Fsp3) is 0.316. The van der Waals surface area contributed by atoms with Crippen LogP contribution in [0.1, 0.15) is 10.1 Å². The number of halogens is 2. The Balaban J connectivity index is 1.55. The first kappa shape index (κ1) is 20.6. The highest BCUT2D eigenvalue weighted by atomic mass is 32.2. The Morgan fingerprint density at radius 2 is 1.86 bits per heavy atom. The van der Waals surface area contributed by atoms with E-state index in [2.05, 4.69) is 10.1 Å². The minimum atomic E-state index is -2.89. The van der Waals surface area contributed by atoms with Crippen LogP contribution in [-0.2, 0) is 4.79 Å². The summed E-state index contributed by atoms with van der Waals surface area (Å²) in [5.74, 6) is 2.96. The van der Waals surface area contributed by atoms with Crippen molar-refractivity contribution in [1.82, 2.24) is 0 Å². The van der Waals surface area contributed by atoms with Gasteiger partial charge in [0.2, 0.25) is 0 Å². The predicted molar refractivity (Wildman–Crippen MR) is 108 cm³/mol. The lowest BCUT2D eigenvalue weighted by Gasteiger charge is -2.14. The highest BCUT2D eigenvalue weighted by Gasteiger charge is 2.20. The molecule has 2 aromatic rings. The number of ether oxygens (including phenoxy) is 3. The molecule has 150 valence electrons. The van der Waals surface area contributed by atoms with Crippen LogP contribution in [0.2, 0.25) is 0 Å². The van der Waals surface area contributed by atoms with Gasteiger partial charge in [-0.05, 0) is 42.0 Å². The number of nitrogens with one attached hydrogen (secondary N) is 1. The first-order chi connectivity index (χ1) is 13.5. The third kappa shape index (κ3) is 5.68. The zero-order chi connectivity index (χ0) is 19.9. The standard InChI is InChI=1S/C19H19F2NO4S2/c1-24-16-10-12(18-27-8-9-28-18)2-7-15(16)25-11-17(23)22-13-3-5-14(6-4-13)26-19(20)21/h2-7,10,18-19H,8-9,11H2,1H3,(H,22,23). The molecule has 9 heteroatoms. The van der Waals surface area contributed by atoms with Gasteiger partial charge in [0.25, 0.3) is 5.91 Å². The number of carbonyl (C=O) groups is 1. The SMILES string of the molecule is COc1cc(C2SCCS2)ccc1OCC(=O)Nc1ccc(OC(F)F)cc1. The summed E-state index contributed by atoms with van der Waals surface area (Å²) in [5.41, 5.74) is 1.61. The van der Waals surface area contributed by atoms with E-state index in [4.69, 9.17) is 9.47 Å². The Morgan fingerprint density at radius 3 is 2.50 bits per heavy atom. The van der Waals surface area contributed by atoms with E-state index in [1.54, 1.807) is 13.2 Å². The maximum atomic E-state index is 12.1. The van der Waals surface area contributed by atoms with Crippen molar-refractivity contribution >= 4 is 35.1 Å². The molecule has 0 spiro atoms. The van der Waals surface area contributed by atoms with Crippen LogP contribution in [0, 0.1) is 0 Å². The predicted octanol–water partition coefficient (Wildman–Crippen LogP) is 4.79. The number of anilines is 1. The summed E-state index contributed by atoms with van der Waals surface area (Å²) < 4.78 is 39.9. The topological polar surface area (TPSA) is 56.8 Å². The van der Waals surface area contributed by atoms with Crippen LogP contribution in [0.4, 0.5) is 14.5 Å². The summed E-state index contributed by atoms with van der Waals surface area (Å²) in [4.78, 5) is 12.1. The average Bonchev–Trinajstić information content (AvgIpc) is 3.22. The molecule has 0 radical (unpaired) electrons. The lowest BCUT2D eigenvalue weighted by Crippen LogP contribution is -2.20. The number of thioether (sulfide) groups is 2. The molecule has 0 unspecified atom stereocenters. The summed E-state index contributed by atoms with van der Waals surface area (Å²) >= 11 is 3.79. The molecule has 0 aromatic heterocycles. The van der Waals surface area contributed by atoms with E-state index >= 15 is 0 Å². The largest absolute Gasteiger partial charge is 0.493 e. The molecule has 1 aliphatic heterocycles. The minimum Gasteiger partial charge on any atom is -0.493 e. The number of hydrogen-bond donors (Lipinski definition) is 1. The number of benzene rings is 2. The summed E-state index contributed by atoms with van der Waals surface area (Å²) in [6.45, 7) is -3.10. The van der Waals surface area contributed by atoms with Crippen molar-refractivity contribution in [3.05, 3.63) is 48.0 Å². The van der Waals surface area contributed by atoms with E-state index < -0.39 is 6.61 Å². The lowest BCUT2D eigenvalue weighted by molar-refractivity contribution is -0.118. The second-order valence-corrected chi connectivity index (χ2v) is 8.45. The van der Waals surface area contributed by atoms with E-state index in [0.717, 1.165) is 17.1 Å². The van der Waals surface area contributed by atoms with Crippen LogP contribution in [0.3, 0.4) is 0 Å². The fourth-order valence-electron chi connectivity index (χ4n) is 2.56. The van der Waals surface area contributed by atoms with Gasteiger partial charge in [-0.3, -0.25) is 4.79 Å². The number of hydrogen-bond acceptors (Lipinski definition) is 6. The van der Waals surface area contributed by atoms with Gasteiger partial charge in [0, 0.05) is 17.2 Å². The molecule has 5 nitrogen and oxygen atoms in total. The van der Waals surface area contributed by atoms with E-state index in [1.165, 1.54) is 24.3 Å². The first-order valence-corrected chi connectivity index (χ1v) is 10.5. The van der Waals surface area contributed by atoms with Crippen molar-refractivity contribution in [3.8, 4) is 17.2 Å². The quantitative estimate of drug-likeness (QED) is 0.654. The minimum absolute atomic E-state index is 0.0210. The molecule has 1 heterocycles. The molecule has 28 heavy (non-hydrogen) atoms. The number of alkyl halides is 2. The fourth-order valence-corrected chi connectivity index (χ4v) is 5.40. The summed E-state index contributed by atoms with van der Waals surface area (Å²) in [6.07, 6.45) is 0. The summed E-state index contributed by atoms with van der Waals surface area (Å²) in [6, 6.07) is 11.4. The van der Waals surface area contributed by atoms with Gasteiger partial charge in [0.05, 0.1) is 11.7 Å². The van der Waals surface area contributed by atoms with Crippen molar-refractivity contribution in [2.24, 2.45) is 0 Å². The van der Waals surface area contributed by atoms with Crippen molar-refractivity contribution < 1.29 is 27.8 Å². The van der Waals surface area contributed by atoms with Crippen LogP contribution in [0.5, 0.6) is 17.2 Å². The van der Waals surface area contributed by atoms with E-state index in [-0.39, 0.29) is 18.3 Å². The zero-order valence-electron chi connectivity index (χ0n) is 15.0. The molecule has 3 rings (SSSR count). The highest BCUT2D eigenvalue weighted by Crippen LogP contribution is 2.46. The molecule has 1 amide bonds. The van der Waals surface area contributed by atoms with Crippen molar-refractivity contribution in [2.75, 3.05) is 30.5 Å². The Labute approximate surface area is 170 Å². The molecule has 1 N–H and O–H groups in total. The molecule has 2 aromatic carbocycles. The molecular weight excluding hydrogens is 408 g/mol. The van der Waals surface area contributed by atoms with Crippen LogP contribution >= 0.6 is 23.5 Å². The molecule has 1 aliphatic rings. The van der Waals surface area contributed by atoms with Crippen molar-refractivity contribution in [1.29, 1.82) is 0 Å². The molecule has 1 saturated heterocycles. The van der Waals surface area contributed by atoms with Gasteiger partial charge in [-0.15, -0.1) is 23.5 Å². The van der Waals surface area contributed by atoms with Gasteiger partial charge in [-0.1, -0.05) is 6.07 Å². The molecule has 0 aliphatic carbocycles. The molecule has 0 saturated carbocycles. The van der Waals surface area contributed by atoms with Gasteiger partial charge in [0.1, 0.15) is 5.75 Å². The van der Waals surface area contributed by atoms with E-state index in [0.29, 0.717) is 21.8 Å². The maximum absolute atomic E-state index is 12.1. The second kappa shape index (κ2) is 9.88. The van der Waals surface area contributed by atoms with Crippen molar-refractivity contribution in [3.63, 3.8) is 0 Å². The van der Waals surface area contributed by atoms with Crippen LogP contribution in [0.25, 0.3) is 0 Å². The van der Waals surface area contributed by atoms with E-state index in [9.17, 15) is 13.6 Å². The van der Waals surface area contributed by atoms with Gasteiger partial charge >= 0.3 is 6.61 Å². The van der Waals surface area contributed by atoms with Crippen LogP contribution in [-0.4, -0.2) is 37.7 Å². The molecule has 1 fully saturated rings. The molecule has 0 bridgehead atoms. The third-order valence-electron chi connectivity index (χ3n) is 3.80. The Kier molecular flexibility index (Phi) is 7.27. The third-order valence-corrected chi connectivity index (χ3v) is 6.91. The number of amides is 1. The number of rotatable bonds is 8. The number of methoxy groups -OCH3 is 1. The smallest absolute Gasteiger partial charge is 0.387 e. The molecular formula is C19H19F2NO4S2. The average molecular weight is 427 g/mol. The second-order valence-electron chi connectivity index (χ2n) is 5.72. The Bertz CT molecular complexity index is 799. The Hall–Kier alpha value is -2.13. The lowest BCUT2D eigenvalue weighted by atomic mass is 10.2. The van der Waals surface area contributed by atoms with Gasteiger partial charge in [-0.2, -0.15) is 8.78 Å². The Morgan fingerprint density at radius 1 is 1.14 bits per heavy atom. The van der Waals surface area contributed by atoms with Gasteiger partial charge < -0.3 is 19.5 Å². The summed E-state index contributed by atoms with van der Waals surface area (Å²) in [5, 5.41) is 2.63. The normalized spacial score (nSPS) is 14.1. The summed E-state index contributed by atoms with van der Waals surface area (Å²) in [7, 11) is 1.56. The zero-order valence-corrected chi connectivity index (χ0v) is 16.7. The first-order valence-electron chi connectivity index (χ1n) is 8.44. The molecule has 0 atom stereocenters. The monoisotopic (exact) mass is 427 g/mol. The van der Waals surface area contributed by atoms with Crippen LogP contribution in [0.15, 0.2) is 42.5 Å². The van der Waals surface area contributed by atoms with Crippen LogP contribution < -0.4 is 19.5 Å². The van der Waals surface area contributed by atoms with Gasteiger partial charge in [0.15, 0.2) is 18.1 Å². The highest BCUT2D eigenvalue weighted by molar-refractivity contribution is 8.19. The van der Waals surface area contributed by atoms with E-state index in [1.807, 2.05) is 35.7 Å². The van der Waals surface area contributed by atoms with Crippen molar-refractivity contribution in [2.45, 2.75) is 11.2 Å².